The average molecular weight is 337 g/mol. The van der Waals surface area contributed by atoms with Gasteiger partial charge in [0, 0.05) is 45.2 Å². The highest BCUT2D eigenvalue weighted by molar-refractivity contribution is 7.17. The lowest BCUT2D eigenvalue weighted by atomic mass is 9.96. The van der Waals surface area contributed by atoms with Crippen molar-refractivity contribution in [1.82, 2.24) is 9.88 Å². The maximum atomic E-state index is 13.2. The van der Waals surface area contributed by atoms with E-state index >= 15 is 0 Å². The number of pyridine rings is 1. The Bertz CT molecular complexity index is 732. The molecule has 0 radical (unpaired) electrons. The number of hydrogen-bond acceptors (Lipinski definition) is 4. The highest BCUT2D eigenvalue weighted by atomic mass is 32.1. The number of halogens is 2. The van der Waals surface area contributed by atoms with E-state index in [0.717, 1.165) is 15.9 Å². The van der Waals surface area contributed by atoms with Gasteiger partial charge >= 0.3 is 0 Å². The maximum absolute atomic E-state index is 13.2. The van der Waals surface area contributed by atoms with Gasteiger partial charge in [0.15, 0.2) is 0 Å². The molecule has 2 saturated heterocycles. The topological polar surface area (TPSA) is 36.4 Å². The fourth-order valence-corrected chi connectivity index (χ4v) is 4.15. The molecule has 4 heterocycles. The zero-order valence-electron chi connectivity index (χ0n) is 12.5. The first-order valence-corrected chi connectivity index (χ1v) is 8.65. The second-order valence-corrected chi connectivity index (χ2v) is 7.16. The van der Waals surface area contributed by atoms with Gasteiger partial charge in [-0.3, -0.25) is 9.78 Å². The molecule has 0 bridgehead atoms. The molecule has 0 spiro atoms. The number of anilines is 1. The smallest absolute Gasteiger partial charge is 0.251 e. The van der Waals surface area contributed by atoms with Crippen molar-refractivity contribution in [2.75, 3.05) is 31.1 Å². The summed E-state index contributed by atoms with van der Waals surface area (Å²) in [5.41, 5.74) is 2.08. The van der Waals surface area contributed by atoms with E-state index in [0.29, 0.717) is 13.1 Å². The Morgan fingerprint density at radius 1 is 1.26 bits per heavy atom. The Labute approximate surface area is 136 Å². The highest BCUT2D eigenvalue weighted by Crippen LogP contribution is 2.35. The van der Waals surface area contributed by atoms with Gasteiger partial charge in [-0.25, -0.2) is 8.78 Å². The van der Waals surface area contributed by atoms with Crippen LogP contribution in [0.15, 0.2) is 23.7 Å². The van der Waals surface area contributed by atoms with Crippen LogP contribution < -0.4 is 4.90 Å². The zero-order chi connectivity index (χ0) is 16.0. The van der Waals surface area contributed by atoms with E-state index < -0.39 is 5.92 Å². The Morgan fingerprint density at radius 2 is 2.00 bits per heavy atom. The number of thiophene rings is 1. The van der Waals surface area contributed by atoms with Crippen LogP contribution in [0.1, 0.15) is 12.8 Å². The summed E-state index contributed by atoms with van der Waals surface area (Å²) in [5.74, 6) is -2.66. The molecule has 0 saturated carbocycles. The third kappa shape index (κ3) is 2.67. The van der Waals surface area contributed by atoms with Crippen LogP contribution in [0.25, 0.3) is 10.2 Å². The highest BCUT2D eigenvalue weighted by Gasteiger charge is 2.40. The summed E-state index contributed by atoms with van der Waals surface area (Å²) >= 11 is 1.65. The van der Waals surface area contributed by atoms with E-state index in [1.165, 1.54) is 0 Å². The van der Waals surface area contributed by atoms with E-state index in [2.05, 4.69) is 9.88 Å². The van der Waals surface area contributed by atoms with Gasteiger partial charge in [0.2, 0.25) is 5.91 Å². The van der Waals surface area contributed by atoms with Gasteiger partial charge in [0.05, 0.1) is 21.8 Å². The normalized spacial score (nSPS) is 21.5. The standard InChI is InChI=1S/C16H17F2N3OS/c17-16(18)3-6-20(7-4-16)15(22)11-9-21(10-11)13-1-5-19-12-2-8-23-14(12)13/h1-2,5,8,11H,3-4,6-7,9-10H2. The zero-order valence-corrected chi connectivity index (χ0v) is 13.4. The van der Waals surface area contributed by atoms with Crippen molar-refractivity contribution in [3.05, 3.63) is 23.7 Å². The molecule has 0 aliphatic carbocycles. The number of carbonyl (C=O) groups is 1. The molecule has 122 valence electrons. The third-order valence-corrected chi connectivity index (χ3v) is 5.63. The van der Waals surface area contributed by atoms with Gasteiger partial charge < -0.3 is 9.80 Å². The minimum atomic E-state index is -2.61. The molecule has 0 aromatic carbocycles. The molecule has 2 fully saturated rings. The van der Waals surface area contributed by atoms with Crippen LogP contribution in [0.2, 0.25) is 0 Å². The Morgan fingerprint density at radius 3 is 2.74 bits per heavy atom. The minimum absolute atomic E-state index is 0.0215. The van der Waals surface area contributed by atoms with Crippen LogP contribution in [-0.2, 0) is 4.79 Å². The van der Waals surface area contributed by atoms with Crippen LogP contribution in [0.5, 0.6) is 0 Å². The van der Waals surface area contributed by atoms with E-state index in [1.807, 2.05) is 17.5 Å². The molecular formula is C16H17F2N3OS. The first-order valence-electron chi connectivity index (χ1n) is 7.77. The molecule has 1 amide bonds. The van der Waals surface area contributed by atoms with Crippen LogP contribution in [0, 0.1) is 5.92 Å². The van der Waals surface area contributed by atoms with Crippen molar-refractivity contribution in [2.45, 2.75) is 18.8 Å². The number of amides is 1. The lowest BCUT2D eigenvalue weighted by Gasteiger charge is -2.43. The SMILES string of the molecule is O=C(C1CN(c2ccnc3ccsc23)C1)N1CCC(F)(F)CC1. The predicted molar refractivity (Wildman–Crippen MR) is 86.1 cm³/mol. The quantitative estimate of drug-likeness (QED) is 0.845. The van der Waals surface area contributed by atoms with Gasteiger partial charge in [-0.15, -0.1) is 11.3 Å². The number of piperidine rings is 1. The number of alkyl halides is 2. The number of hydrogen-bond donors (Lipinski definition) is 0. The summed E-state index contributed by atoms with van der Waals surface area (Å²) in [6.45, 7) is 1.66. The molecule has 0 N–H and O–H groups in total. The van der Waals surface area contributed by atoms with Gasteiger partial charge in [-0.1, -0.05) is 0 Å². The van der Waals surface area contributed by atoms with Crippen LogP contribution in [0.4, 0.5) is 14.5 Å². The first-order chi connectivity index (χ1) is 11.0. The lowest BCUT2D eigenvalue weighted by molar-refractivity contribution is -0.142. The number of fused-ring (bicyclic) bond motifs is 1. The minimum Gasteiger partial charge on any atom is -0.369 e. The fourth-order valence-electron chi connectivity index (χ4n) is 3.25. The van der Waals surface area contributed by atoms with Crippen LogP contribution in [0.3, 0.4) is 0 Å². The van der Waals surface area contributed by atoms with Crippen LogP contribution >= 0.6 is 11.3 Å². The average Bonchev–Trinajstić information content (AvgIpc) is 2.94. The fraction of sp³-hybridized carbons (Fsp3) is 0.500. The number of nitrogens with zero attached hydrogens (tertiary/aromatic N) is 3. The van der Waals surface area contributed by atoms with Crippen molar-refractivity contribution < 1.29 is 13.6 Å². The Kier molecular flexibility index (Phi) is 3.48. The van der Waals surface area contributed by atoms with Crippen molar-refractivity contribution >= 4 is 33.1 Å². The molecule has 4 nitrogen and oxygen atoms in total. The molecule has 4 rings (SSSR count). The Balaban J connectivity index is 1.40. The summed E-state index contributed by atoms with van der Waals surface area (Å²) in [7, 11) is 0. The van der Waals surface area contributed by atoms with E-state index in [-0.39, 0.29) is 37.8 Å². The summed E-state index contributed by atoms with van der Waals surface area (Å²) < 4.78 is 27.5. The predicted octanol–water partition coefficient (Wildman–Crippen LogP) is 2.99. The summed E-state index contributed by atoms with van der Waals surface area (Å²) in [5, 5.41) is 2.01. The molecule has 2 aromatic heterocycles. The van der Waals surface area contributed by atoms with Crippen molar-refractivity contribution in [3.63, 3.8) is 0 Å². The van der Waals surface area contributed by atoms with Gasteiger partial charge in [-0.2, -0.15) is 0 Å². The van der Waals surface area contributed by atoms with Crippen LogP contribution in [-0.4, -0.2) is 47.9 Å². The summed E-state index contributed by atoms with van der Waals surface area (Å²) in [6.07, 6.45) is 1.36. The number of carbonyl (C=O) groups excluding carboxylic acids is 1. The van der Waals surface area contributed by atoms with Gasteiger partial charge in [0.25, 0.3) is 5.92 Å². The van der Waals surface area contributed by atoms with E-state index in [9.17, 15) is 13.6 Å². The number of rotatable bonds is 2. The molecule has 0 atom stereocenters. The lowest BCUT2D eigenvalue weighted by Crippen LogP contribution is -2.56. The second kappa shape index (κ2) is 5.40. The van der Waals surface area contributed by atoms with E-state index in [1.54, 1.807) is 22.4 Å². The van der Waals surface area contributed by atoms with Gasteiger partial charge in [-0.05, 0) is 17.5 Å². The van der Waals surface area contributed by atoms with E-state index in [4.69, 9.17) is 0 Å². The Hall–Kier alpha value is -1.76. The first kappa shape index (κ1) is 14.8. The summed E-state index contributed by atoms with van der Waals surface area (Å²) in [6, 6.07) is 3.96. The number of likely N-dealkylation sites (tertiary alicyclic amines) is 1. The van der Waals surface area contributed by atoms with Crippen molar-refractivity contribution in [2.24, 2.45) is 5.92 Å². The number of aromatic nitrogens is 1. The molecule has 2 aliphatic heterocycles. The molecule has 2 aromatic rings. The van der Waals surface area contributed by atoms with Crippen molar-refractivity contribution in [3.8, 4) is 0 Å². The molecule has 2 aliphatic rings. The second-order valence-electron chi connectivity index (χ2n) is 6.25. The maximum Gasteiger partial charge on any atom is 0.251 e. The molecule has 0 unspecified atom stereocenters. The largest absolute Gasteiger partial charge is 0.369 e. The molecule has 7 heteroatoms. The molecule has 23 heavy (non-hydrogen) atoms. The molecular weight excluding hydrogens is 320 g/mol. The third-order valence-electron chi connectivity index (χ3n) is 4.70. The monoisotopic (exact) mass is 337 g/mol. The van der Waals surface area contributed by atoms with Crippen molar-refractivity contribution in [1.29, 1.82) is 0 Å². The summed E-state index contributed by atoms with van der Waals surface area (Å²) in [4.78, 5) is 20.5. The van der Waals surface area contributed by atoms with Gasteiger partial charge in [0.1, 0.15) is 0 Å².